The normalized spacial score (nSPS) is 10.2. The van der Waals surface area contributed by atoms with Crippen LogP contribution in [0.5, 0.6) is 0 Å². The van der Waals surface area contributed by atoms with Gasteiger partial charge in [-0.2, -0.15) is 5.26 Å². The molecule has 0 unspecified atom stereocenters. The van der Waals surface area contributed by atoms with E-state index in [-0.39, 0.29) is 0 Å². The molecule has 0 aliphatic heterocycles. The molecule has 0 saturated carbocycles. The third kappa shape index (κ3) is 3.12. The molecule has 0 aliphatic rings. The minimum atomic E-state index is 0.386. The third-order valence-corrected chi connectivity index (χ3v) is 3.23. The molecule has 1 heterocycles. The zero-order valence-corrected chi connectivity index (χ0v) is 12.3. The molecular formula is C16H18N4. The molecule has 0 saturated heterocycles. The summed E-state index contributed by atoms with van der Waals surface area (Å²) in [6, 6.07) is 8.06. The Hall–Kier alpha value is -2.41. The summed E-state index contributed by atoms with van der Waals surface area (Å²) in [5.74, 6) is 0.501. The number of nitrogens with one attached hydrogen (secondary N) is 1. The Balaban J connectivity index is 2.21. The second-order valence-corrected chi connectivity index (χ2v) is 5.06. The van der Waals surface area contributed by atoms with Crippen molar-refractivity contribution >= 4 is 5.95 Å². The van der Waals surface area contributed by atoms with Gasteiger partial charge in [0.1, 0.15) is 11.8 Å². The average molecular weight is 266 g/mol. The Bertz CT molecular complexity index is 660. The largest absolute Gasteiger partial charge is 0.350 e. The van der Waals surface area contributed by atoms with E-state index in [0.717, 1.165) is 5.69 Å². The topological polar surface area (TPSA) is 61.6 Å². The first-order valence-electron chi connectivity index (χ1n) is 6.56. The average Bonchev–Trinajstić information content (AvgIpc) is 2.36. The molecule has 1 aromatic heterocycles. The van der Waals surface area contributed by atoms with Gasteiger partial charge < -0.3 is 5.32 Å². The lowest BCUT2D eigenvalue weighted by molar-refractivity contribution is 1.00. The Morgan fingerprint density at radius 3 is 2.30 bits per heavy atom. The van der Waals surface area contributed by atoms with Crippen LogP contribution >= 0.6 is 0 Å². The standard InChI is InChI=1S/C16H18N4/c1-10-5-11(2)15(12(3)6-10)9-18-16-19-13(4)7-14(8-17)20-16/h5-7H,9H2,1-4H3,(H,18,19,20). The Kier molecular flexibility index (Phi) is 3.99. The summed E-state index contributed by atoms with van der Waals surface area (Å²) in [4.78, 5) is 8.46. The van der Waals surface area contributed by atoms with Crippen LogP contribution in [0, 0.1) is 39.0 Å². The lowest BCUT2D eigenvalue weighted by Crippen LogP contribution is -2.08. The van der Waals surface area contributed by atoms with Crippen LogP contribution in [0.4, 0.5) is 5.95 Å². The molecule has 2 rings (SSSR count). The lowest BCUT2D eigenvalue weighted by atomic mass is 10.00. The van der Waals surface area contributed by atoms with Crippen LogP contribution in [0.2, 0.25) is 0 Å². The molecular weight excluding hydrogens is 248 g/mol. The zero-order valence-electron chi connectivity index (χ0n) is 12.3. The van der Waals surface area contributed by atoms with E-state index < -0.39 is 0 Å². The summed E-state index contributed by atoms with van der Waals surface area (Å²) in [5.41, 5.74) is 6.20. The van der Waals surface area contributed by atoms with Crippen molar-refractivity contribution in [1.29, 1.82) is 5.26 Å². The molecule has 1 aromatic carbocycles. The molecule has 0 spiro atoms. The highest BCUT2D eigenvalue weighted by atomic mass is 15.1. The molecule has 1 N–H and O–H groups in total. The van der Waals surface area contributed by atoms with E-state index in [2.05, 4.69) is 48.2 Å². The fourth-order valence-electron chi connectivity index (χ4n) is 2.36. The van der Waals surface area contributed by atoms with Crippen molar-refractivity contribution in [3.63, 3.8) is 0 Å². The van der Waals surface area contributed by atoms with E-state index in [4.69, 9.17) is 5.26 Å². The zero-order chi connectivity index (χ0) is 14.7. The molecule has 0 fully saturated rings. The molecule has 0 radical (unpaired) electrons. The predicted octanol–water partition coefficient (Wildman–Crippen LogP) is 3.19. The van der Waals surface area contributed by atoms with E-state index in [9.17, 15) is 0 Å². The van der Waals surface area contributed by atoms with Crippen LogP contribution < -0.4 is 5.32 Å². The maximum atomic E-state index is 8.92. The van der Waals surface area contributed by atoms with Crippen LogP contribution in [-0.2, 0) is 6.54 Å². The van der Waals surface area contributed by atoms with Crippen LogP contribution in [0.3, 0.4) is 0 Å². The first-order valence-corrected chi connectivity index (χ1v) is 6.56. The van der Waals surface area contributed by atoms with Gasteiger partial charge in [-0.25, -0.2) is 9.97 Å². The minimum absolute atomic E-state index is 0.386. The van der Waals surface area contributed by atoms with Gasteiger partial charge in [0.15, 0.2) is 0 Å². The molecule has 4 heteroatoms. The van der Waals surface area contributed by atoms with E-state index in [1.165, 1.54) is 22.3 Å². The minimum Gasteiger partial charge on any atom is -0.350 e. The van der Waals surface area contributed by atoms with Crippen molar-refractivity contribution in [1.82, 2.24) is 9.97 Å². The number of hydrogen-bond acceptors (Lipinski definition) is 4. The molecule has 2 aromatic rings. The highest BCUT2D eigenvalue weighted by Gasteiger charge is 2.06. The Labute approximate surface area is 119 Å². The van der Waals surface area contributed by atoms with Crippen LogP contribution in [0.25, 0.3) is 0 Å². The first kappa shape index (κ1) is 14.0. The van der Waals surface area contributed by atoms with Crippen molar-refractivity contribution in [3.05, 3.63) is 51.8 Å². The lowest BCUT2D eigenvalue weighted by Gasteiger charge is -2.12. The van der Waals surface area contributed by atoms with Crippen molar-refractivity contribution in [3.8, 4) is 6.07 Å². The highest BCUT2D eigenvalue weighted by molar-refractivity contribution is 5.41. The van der Waals surface area contributed by atoms with Gasteiger partial charge in [-0.05, 0) is 50.5 Å². The molecule has 0 bridgehead atoms. The molecule has 102 valence electrons. The van der Waals surface area contributed by atoms with Crippen molar-refractivity contribution in [2.24, 2.45) is 0 Å². The van der Waals surface area contributed by atoms with E-state index in [1.54, 1.807) is 6.07 Å². The van der Waals surface area contributed by atoms with Gasteiger partial charge in [-0.3, -0.25) is 0 Å². The summed E-state index contributed by atoms with van der Waals surface area (Å²) in [6.45, 7) is 8.83. The number of hydrogen-bond donors (Lipinski definition) is 1. The summed E-state index contributed by atoms with van der Waals surface area (Å²) in [7, 11) is 0. The fourth-order valence-corrected chi connectivity index (χ4v) is 2.36. The van der Waals surface area contributed by atoms with Crippen molar-refractivity contribution in [2.75, 3.05) is 5.32 Å². The van der Waals surface area contributed by atoms with E-state index in [1.807, 2.05) is 13.0 Å². The van der Waals surface area contributed by atoms with Crippen LogP contribution in [0.1, 0.15) is 33.6 Å². The summed E-state index contributed by atoms with van der Waals surface area (Å²) in [6.07, 6.45) is 0. The quantitative estimate of drug-likeness (QED) is 0.926. The fraction of sp³-hybridized carbons (Fsp3) is 0.312. The maximum Gasteiger partial charge on any atom is 0.224 e. The van der Waals surface area contributed by atoms with Crippen LogP contribution in [-0.4, -0.2) is 9.97 Å². The number of aryl methyl sites for hydroxylation is 4. The van der Waals surface area contributed by atoms with Gasteiger partial charge in [-0.15, -0.1) is 0 Å². The van der Waals surface area contributed by atoms with Gasteiger partial charge in [0.05, 0.1) is 0 Å². The van der Waals surface area contributed by atoms with E-state index in [0.29, 0.717) is 18.2 Å². The summed E-state index contributed by atoms with van der Waals surface area (Å²) >= 11 is 0. The van der Waals surface area contributed by atoms with Gasteiger partial charge in [0, 0.05) is 12.2 Å². The van der Waals surface area contributed by atoms with Crippen molar-refractivity contribution in [2.45, 2.75) is 34.2 Å². The predicted molar refractivity (Wildman–Crippen MR) is 79.5 cm³/mol. The number of rotatable bonds is 3. The molecule has 0 atom stereocenters. The number of anilines is 1. The Morgan fingerprint density at radius 2 is 1.70 bits per heavy atom. The van der Waals surface area contributed by atoms with Gasteiger partial charge >= 0.3 is 0 Å². The molecule has 4 nitrogen and oxygen atoms in total. The highest BCUT2D eigenvalue weighted by Crippen LogP contribution is 2.17. The smallest absolute Gasteiger partial charge is 0.224 e. The number of nitriles is 1. The van der Waals surface area contributed by atoms with E-state index >= 15 is 0 Å². The van der Waals surface area contributed by atoms with Gasteiger partial charge in [0.25, 0.3) is 0 Å². The monoisotopic (exact) mass is 266 g/mol. The summed E-state index contributed by atoms with van der Waals surface area (Å²) < 4.78 is 0. The van der Waals surface area contributed by atoms with Gasteiger partial charge in [-0.1, -0.05) is 17.7 Å². The number of benzene rings is 1. The number of nitrogens with zero attached hydrogens (tertiary/aromatic N) is 3. The van der Waals surface area contributed by atoms with Crippen molar-refractivity contribution < 1.29 is 0 Å². The van der Waals surface area contributed by atoms with Gasteiger partial charge in [0.2, 0.25) is 5.95 Å². The first-order chi connectivity index (χ1) is 9.49. The molecule has 20 heavy (non-hydrogen) atoms. The summed E-state index contributed by atoms with van der Waals surface area (Å²) in [5, 5.41) is 12.1. The molecule has 0 amide bonds. The molecule has 0 aliphatic carbocycles. The SMILES string of the molecule is Cc1cc(C)c(CNc2nc(C)cc(C#N)n2)c(C)c1. The maximum absolute atomic E-state index is 8.92. The Morgan fingerprint density at radius 1 is 1.05 bits per heavy atom. The number of aromatic nitrogens is 2. The van der Waals surface area contributed by atoms with Crippen LogP contribution in [0.15, 0.2) is 18.2 Å². The second kappa shape index (κ2) is 5.70. The second-order valence-electron chi connectivity index (χ2n) is 5.06. The third-order valence-electron chi connectivity index (χ3n) is 3.23.